The second-order valence-corrected chi connectivity index (χ2v) is 14.9. The summed E-state index contributed by atoms with van der Waals surface area (Å²) in [7, 11) is -4.14. The third kappa shape index (κ3) is 9.07. The zero-order valence-electron chi connectivity index (χ0n) is 27.6. The van der Waals surface area contributed by atoms with E-state index in [0.717, 1.165) is 26.6 Å². The van der Waals surface area contributed by atoms with E-state index in [1.807, 2.05) is 94.4 Å². The molecule has 1 atom stereocenters. The SMILES string of the molecule is Cc1ccc(CN(C(=O)CN(c2ccc(C(C)C)cc2)S(=O)(=O)c2ccccc2)C(Cc2ccccc2)C(=O)NC(C)(C)C)cc1. The zero-order chi connectivity index (χ0) is 33.5. The summed E-state index contributed by atoms with van der Waals surface area (Å²) < 4.78 is 29.5. The summed E-state index contributed by atoms with van der Waals surface area (Å²) in [4.78, 5) is 30.2. The molecule has 0 saturated carbocycles. The average molecular weight is 640 g/mol. The maximum atomic E-state index is 14.6. The van der Waals surface area contributed by atoms with Crippen LogP contribution in [0.4, 0.5) is 5.69 Å². The van der Waals surface area contributed by atoms with Crippen LogP contribution >= 0.6 is 0 Å². The highest BCUT2D eigenvalue weighted by atomic mass is 32.2. The van der Waals surface area contributed by atoms with E-state index in [4.69, 9.17) is 0 Å². The van der Waals surface area contributed by atoms with Crippen LogP contribution in [0.1, 0.15) is 62.8 Å². The molecule has 0 aliphatic rings. The van der Waals surface area contributed by atoms with Crippen molar-refractivity contribution < 1.29 is 18.0 Å². The summed E-state index contributed by atoms with van der Waals surface area (Å²) in [6.07, 6.45) is 0.259. The van der Waals surface area contributed by atoms with Gasteiger partial charge in [-0.25, -0.2) is 8.42 Å². The molecule has 46 heavy (non-hydrogen) atoms. The zero-order valence-corrected chi connectivity index (χ0v) is 28.4. The fourth-order valence-electron chi connectivity index (χ4n) is 5.17. The molecular formula is C38H45N3O4S. The van der Waals surface area contributed by atoms with Crippen molar-refractivity contribution >= 4 is 27.5 Å². The molecule has 242 valence electrons. The molecule has 0 spiro atoms. The minimum atomic E-state index is -4.14. The van der Waals surface area contributed by atoms with Gasteiger partial charge in [0.2, 0.25) is 11.8 Å². The predicted octanol–water partition coefficient (Wildman–Crippen LogP) is 6.87. The second-order valence-electron chi connectivity index (χ2n) is 13.0. The van der Waals surface area contributed by atoms with Gasteiger partial charge >= 0.3 is 0 Å². The Hall–Kier alpha value is -4.43. The smallest absolute Gasteiger partial charge is 0.264 e. The first-order valence-electron chi connectivity index (χ1n) is 15.6. The number of nitrogens with zero attached hydrogens (tertiary/aromatic N) is 2. The molecule has 1 N–H and O–H groups in total. The van der Waals surface area contributed by atoms with Crippen molar-refractivity contribution in [1.82, 2.24) is 10.2 Å². The second kappa shape index (κ2) is 14.8. The molecule has 2 amide bonds. The number of amides is 2. The maximum absolute atomic E-state index is 14.6. The van der Waals surface area contributed by atoms with Crippen LogP contribution < -0.4 is 9.62 Å². The number of benzene rings is 4. The Balaban J connectivity index is 1.81. The van der Waals surface area contributed by atoms with Crippen LogP contribution in [0.5, 0.6) is 0 Å². The van der Waals surface area contributed by atoms with E-state index in [0.29, 0.717) is 5.69 Å². The van der Waals surface area contributed by atoms with Gasteiger partial charge in [0.25, 0.3) is 10.0 Å². The Bertz CT molecular complexity index is 1700. The van der Waals surface area contributed by atoms with E-state index in [1.54, 1.807) is 30.3 Å². The predicted molar refractivity (Wildman–Crippen MR) is 185 cm³/mol. The first-order valence-corrected chi connectivity index (χ1v) is 17.1. The number of carbonyl (C=O) groups is 2. The molecule has 0 radical (unpaired) electrons. The molecule has 1 unspecified atom stereocenters. The van der Waals surface area contributed by atoms with Crippen molar-refractivity contribution in [3.8, 4) is 0 Å². The lowest BCUT2D eigenvalue weighted by atomic mass is 10.0. The van der Waals surface area contributed by atoms with Crippen molar-refractivity contribution in [3.63, 3.8) is 0 Å². The molecule has 0 aliphatic carbocycles. The number of aryl methyl sites for hydroxylation is 1. The van der Waals surface area contributed by atoms with Crippen LogP contribution in [0.3, 0.4) is 0 Å². The highest BCUT2D eigenvalue weighted by Gasteiger charge is 2.35. The maximum Gasteiger partial charge on any atom is 0.264 e. The molecule has 8 heteroatoms. The lowest BCUT2D eigenvalue weighted by molar-refractivity contribution is -0.140. The molecule has 0 aliphatic heterocycles. The van der Waals surface area contributed by atoms with E-state index in [9.17, 15) is 18.0 Å². The molecule has 0 bridgehead atoms. The van der Waals surface area contributed by atoms with Crippen molar-refractivity contribution in [2.24, 2.45) is 0 Å². The molecule has 4 aromatic carbocycles. The molecule has 4 aromatic rings. The normalized spacial score (nSPS) is 12.4. The molecule has 0 fully saturated rings. The Morgan fingerprint density at radius 2 is 1.33 bits per heavy atom. The average Bonchev–Trinajstić information content (AvgIpc) is 3.02. The van der Waals surface area contributed by atoms with Gasteiger partial charge in [0.1, 0.15) is 12.6 Å². The van der Waals surface area contributed by atoms with Crippen molar-refractivity contribution in [2.75, 3.05) is 10.8 Å². The quantitative estimate of drug-likeness (QED) is 0.183. The van der Waals surface area contributed by atoms with Crippen LogP contribution in [0.25, 0.3) is 0 Å². The molecular weight excluding hydrogens is 595 g/mol. The third-order valence-electron chi connectivity index (χ3n) is 7.70. The first kappa shape index (κ1) is 34.4. The van der Waals surface area contributed by atoms with Gasteiger partial charge in [-0.2, -0.15) is 0 Å². The fourth-order valence-corrected chi connectivity index (χ4v) is 6.61. The number of hydrogen-bond acceptors (Lipinski definition) is 4. The molecule has 7 nitrogen and oxygen atoms in total. The van der Waals surface area contributed by atoms with Gasteiger partial charge in [-0.05, 0) is 74.6 Å². The van der Waals surface area contributed by atoms with Gasteiger partial charge in [0.15, 0.2) is 0 Å². The molecule has 0 heterocycles. The van der Waals surface area contributed by atoms with Crippen molar-refractivity contribution in [1.29, 1.82) is 0 Å². The molecule has 4 rings (SSSR count). The van der Waals surface area contributed by atoms with Crippen LogP contribution in [0.15, 0.2) is 114 Å². The monoisotopic (exact) mass is 639 g/mol. The van der Waals surface area contributed by atoms with E-state index in [2.05, 4.69) is 19.2 Å². The molecule has 0 aromatic heterocycles. The van der Waals surface area contributed by atoms with Crippen LogP contribution in [-0.4, -0.2) is 43.3 Å². The van der Waals surface area contributed by atoms with E-state index in [-0.39, 0.29) is 29.7 Å². The Labute approximate surface area is 274 Å². The highest BCUT2D eigenvalue weighted by molar-refractivity contribution is 7.92. The number of nitrogens with one attached hydrogen (secondary N) is 1. The summed E-state index contributed by atoms with van der Waals surface area (Å²) in [6, 6.07) is 31.8. The fraction of sp³-hybridized carbons (Fsp3) is 0.316. The first-order chi connectivity index (χ1) is 21.7. The summed E-state index contributed by atoms with van der Waals surface area (Å²) >= 11 is 0. The van der Waals surface area contributed by atoms with Gasteiger partial charge in [-0.1, -0.05) is 104 Å². The van der Waals surface area contributed by atoms with Crippen molar-refractivity contribution in [3.05, 3.63) is 131 Å². The molecule has 0 saturated heterocycles. The number of carbonyl (C=O) groups excluding carboxylic acids is 2. The highest BCUT2D eigenvalue weighted by Crippen LogP contribution is 2.27. The topological polar surface area (TPSA) is 86.8 Å². The largest absolute Gasteiger partial charge is 0.350 e. The minimum Gasteiger partial charge on any atom is -0.350 e. The Morgan fingerprint density at radius 3 is 1.87 bits per heavy atom. The number of rotatable bonds is 12. The van der Waals surface area contributed by atoms with Crippen LogP contribution in [-0.2, 0) is 32.6 Å². The summed E-state index contributed by atoms with van der Waals surface area (Å²) in [5, 5.41) is 3.06. The lowest BCUT2D eigenvalue weighted by Crippen LogP contribution is -2.56. The number of hydrogen-bond donors (Lipinski definition) is 1. The summed E-state index contributed by atoms with van der Waals surface area (Å²) in [5.41, 5.74) is 3.66. The van der Waals surface area contributed by atoms with E-state index < -0.39 is 34.1 Å². The van der Waals surface area contributed by atoms with Crippen LogP contribution in [0.2, 0.25) is 0 Å². The summed E-state index contributed by atoms with van der Waals surface area (Å²) in [5.74, 6) is -0.548. The lowest BCUT2D eigenvalue weighted by Gasteiger charge is -2.35. The standard InChI is InChI=1S/C38H45N3O4S/c1-28(2)32-21-23-33(24-22-32)41(46(44,45)34-15-11-8-12-16-34)27-36(42)40(26-31-19-17-29(3)18-20-31)35(37(43)39-38(4,5)6)25-30-13-9-7-10-14-30/h7-24,28,35H,25-27H2,1-6H3,(H,39,43). The van der Waals surface area contributed by atoms with Crippen LogP contribution in [0, 0.1) is 6.92 Å². The van der Waals surface area contributed by atoms with E-state index >= 15 is 0 Å². The van der Waals surface area contributed by atoms with Gasteiger partial charge in [-0.3, -0.25) is 13.9 Å². The Kier molecular flexibility index (Phi) is 11.1. The number of anilines is 1. The minimum absolute atomic E-state index is 0.0760. The Morgan fingerprint density at radius 1 is 0.761 bits per heavy atom. The van der Waals surface area contributed by atoms with Gasteiger partial charge < -0.3 is 10.2 Å². The van der Waals surface area contributed by atoms with E-state index in [1.165, 1.54) is 17.0 Å². The summed E-state index contributed by atoms with van der Waals surface area (Å²) in [6.45, 7) is 11.4. The van der Waals surface area contributed by atoms with Crippen molar-refractivity contribution in [2.45, 2.75) is 76.9 Å². The third-order valence-corrected chi connectivity index (χ3v) is 9.49. The van der Waals surface area contributed by atoms with Gasteiger partial charge in [0.05, 0.1) is 10.6 Å². The number of sulfonamides is 1. The van der Waals surface area contributed by atoms with Gasteiger partial charge in [0, 0.05) is 18.5 Å². The van der Waals surface area contributed by atoms with Gasteiger partial charge in [-0.15, -0.1) is 0 Å².